The number of ether oxygens (including phenoxy) is 1. The third-order valence-electron chi connectivity index (χ3n) is 3.78. The molecular formula is C16H25NO2. The molecule has 106 valence electrons. The summed E-state index contributed by atoms with van der Waals surface area (Å²) in [5, 5.41) is 13.3. The molecule has 0 aliphatic heterocycles. The monoisotopic (exact) mass is 263 g/mol. The minimum atomic E-state index is -0.457. The third kappa shape index (κ3) is 4.51. The number of aliphatic hydroxyl groups is 1. The highest BCUT2D eigenvalue weighted by Crippen LogP contribution is 2.32. The zero-order valence-corrected chi connectivity index (χ0v) is 12.1. The second kappa shape index (κ2) is 6.40. The largest absolute Gasteiger partial charge is 0.491 e. The van der Waals surface area contributed by atoms with E-state index in [2.05, 4.69) is 18.3 Å². The van der Waals surface area contributed by atoms with Gasteiger partial charge in [-0.25, -0.2) is 0 Å². The standard InChI is InChI=1S/C16H25NO2/c1-11-4-5-12(2)16(8-11)19-10-15(18)9-17-13(3)14-6-7-14/h4-5,8,13-15,17-18H,6-7,9-10H2,1-3H3. The molecule has 0 aromatic heterocycles. The molecule has 3 heteroatoms. The van der Waals surface area contributed by atoms with Gasteiger partial charge in [-0.1, -0.05) is 12.1 Å². The molecule has 1 saturated carbocycles. The number of hydrogen-bond donors (Lipinski definition) is 2. The molecule has 1 aliphatic rings. The normalized spacial score (nSPS) is 18.1. The summed E-state index contributed by atoms with van der Waals surface area (Å²) in [6.45, 7) is 7.20. The molecule has 1 aliphatic carbocycles. The lowest BCUT2D eigenvalue weighted by molar-refractivity contribution is 0.103. The second-order valence-electron chi connectivity index (χ2n) is 5.77. The maximum Gasteiger partial charge on any atom is 0.122 e. The van der Waals surface area contributed by atoms with Crippen molar-refractivity contribution in [2.45, 2.75) is 45.8 Å². The van der Waals surface area contributed by atoms with Crippen molar-refractivity contribution in [2.24, 2.45) is 5.92 Å². The Morgan fingerprint density at radius 2 is 2.11 bits per heavy atom. The van der Waals surface area contributed by atoms with Gasteiger partial charge in [-0.15, -0.1) is 0 Å². The van der Waals surface area contributed by atoms with Crippen LogP contribution in [0.1, 0.15) is 30.9 Å². The number of rotatable bonds is 7. The molecule has 19 heavy (non-hydrogen) atoms. The first-order chi connectivity index (χ1) is 9.06. The quantitative estimate of drug-likeness (QED) is 0.794. The minimum Gasteiger partial charge on any atom is -0.491 e. The van der Waals surface area contributed by atoms with Crippen LogP contribution in [-0.4, -0.2) is 30.4 Å². The van der Waals surface area contributed by atoms with Gasteiger partial charge in [-0.3, -0.25) is 0 Å². The van der Waals surface area contributed by atoms with E-state index in [0.29, 0.717) is 19.2 Å². The summed E-state index contributed by atoms with van der Waals surface area (Å²) in [6, 6.07) is 6.64. The van der Waals surface area contributed by atoms with Crippen LogP contribution < -0.4 is 10.1 Å². The lowest BCUT2D eigenvalue weighted by Crippen LogP contribution is -2.37. The molecule has 1 aromatic carbocycles. The second-order valence-corrected chi connectivity index (χ2v) is 5.77. The van der Waals surface area contributed by atoms with E-state index in [0.717, 1.165) is 17.2 Å². The SMILES string of the molecule is Cc1ccc(C)c(OCC(O)CNC(C)C2CC2)c1. The van der Waals surface area contributed by atoms with E-state index in [-0.39, 0.29) is 0 Å². The zero-order valence-electron chi connectivity index (χ0n) is 12.1. The average Bonchev–Trinajstić information content (AvgIpc) is 3.21. The van der Waals surface area contributed by atoms with Crippen molar-refractivity contribution in [3.63, 3.8) is 0 Å². The Hall–Kier alpha value is -1.06. The summed E-state index contributed by atoms with van der Waals surface area (Å²) < 4.78 is 5.70. The molecule has 2 atom stereocenters. The molecule has 0 amide bonds. The van der Waals surface area contributed by atoms with Crippen molar-refractivity contribution in [3.05, 3.63) is 29.3 Å². The Bertz CT molecular complexity index is 415. The first-order valence-corrected chi connectivity index (χ1v) is 7.17. The van der Waals surface area contributed by atoms with Crippen LogP contribution in [0.3, 0.4) is 0 Å². The number of benzene rings is 1. The molecule has 0 saturated heterocycles. The molecule has 2 unspecified atom stereocenters. The van der Waals surface area contributed by atoms with E-state index in [1.54, 1.807) is 0 Å². The van der Waals surface area contributed by atoms with Gasteiger partial charge in [0.2, 0.25) is 0 Å². The van der Waals surface area contributed by atoms with Gasteiger partial charge in [0.05, 0.1) is 0 Å². The Morgan fingerprint density at radius 3 is 2.79 bits per heavy atom. The maximum absolute atomic E-state index is 9.93. The molecule has 2 rings (SSSR count). The van der Waals surface area contributed by atoms with E-state index in [4.69, 9.17) is 4.74 Å². The summed E-state index contributed by atoms with van der Waals surface area (Å²) in [7, 11) is 0. The van der Waals surface area contributed by atoms with Crippen molar-refractivity contribution in [3.8, 4) is 5.75 Å². The summed E-state index contributed by atoms with van der Waals surface area (Å²) in [5.41, 5.74) is 2.28. The highest BCUT2D eigenvalue weighted by Gasteiger charge is 2.27. The molecule has 3 nitrogen and oxygen atoms in total. The van der Waals surface area contributed by atoms with E-state index < -0.39 is 6.10 Å². The van der Waals surface area contributed by atoms with Crippen molar-refractivity contribution >= 4 is 0 Å². The van der Waals surface area contributed by atoms with Gasteiger partial charge in [-0.2, -0.15) is 0 Å². The van der Waals surface area contributed by atoms with Crippen molar-refractivity contribution in [2.75, 3.05) is 13.2 Å². The van der Waals surface area contributed by atoms with Crippen molar-refractivity contribution in [1.82, 2.24) is 5.32 Å². The summed E-state index contributed by atoms with van der Waals surface area (Å²) >= 11 is 0. The van der Waals surface area contributed by atoms with E-state index in [9.17, 15) is 5.11 Å². The number of aryl methyl sites for hydroxylation is 2. The first kappa shape index (κ1) is 14.4. The predicted molar refractivity (Wildman–Crippen MR) is 77.6 cm³/mol. The summed E-state index contributed by atoms with van der Waals surface area (Å²) in [6.07, 6.45) is 2.19. The van der Waals surface area contributed by atoms with Crippen LogP contribution in [0.5, 0.6) is 5.75 Å². The summed E-state index contributed by atoms with van der Waals surface area (Å²) in [4.78, 5) is 0. The lowest BCUT2D eigenvalue weighted by Gasteiger charge is -2.18. The van der Waals surface area contributed by atoms with E-state index >= 15 is 0 Å². The highest BCUT2D eigenvalue weighted by molar-refractivity contribution is 5.35. The fraction of sp³-hybridized carbons (Fsp3) is 0.625. The Kier molecular flexibility index (Phi) is 4.83. The van der Waals surface area contributed by atoms with Crippen LogP contribution in [0.4, 0.5) is 0 Å². The Balaban J connectivity index is 1.73. The molecular weight excluding hydrogens is 238 g/mol. The zero-order chi connectivity index (χ0) is 13.8. The number of aliphatic hydroxyl groups excluding tert-OH is 1. The minimum absolute atomic E-state index is 0.342. The molecule has 0 radical (unpaired) electrons. The van der Waals surface area contributed by atoms with E-state index in [1.165, 1.54) is 18.4 Å². The summed E-state index contributed by atoms with van der Waals surface area (Å²) in [5.74, 6) is 1.68. The Labute approximate surface area is 116 Å². The van der Waals surface area contributed by atoms with Crippen molar-refractivity contribution < 1.29 is 9.84 Å². The van der Waals surface area contributed by atoms with Crippen LogP contribution >= 0.6 is 0 Å². The van der Waals surface area contributed by atoms with Gasteiger partial charge in [0.25, 0.3) is 0 Å². The molecule has 0 spiro atoms. The fourth-order valence-electron chi connectivity index (χ4n) is 2.19. The Morgan fingerprint density at radius 1 is 1.37 bits per heavy atom. The average molecular weight is 263 g/mol. The highest BCUT2D eigenvalue weighted by atomic mass is 16.5. The van der Waals surface area contributed by atoms with Crippen LogP contribution in [0, 0.1) is 19.8 Å². The fourth-order valence-corrected chi connectivity index (χ4v) is 2.19. The van der Waals surface area contributed by atoms with Crippen LogP contribution in [0.2, 0.25) is 0 Å². The van der Waals surface area contributed by atoms with Gasteiger partial charge in [0, 0.05) is 12.6 Å². The first-order valence-electron chi connectivity index (χ1n) is 7.17. The maximum atomic E-state index is 9.93. The smallest absolute Gasteiger partial charge is 0.122 e. The predicted octanol–water partition coefficient (Wildman–Crippen LogP) is 2.43. The lowest BCUT2D eigenvalue weighted by atomic mass is 10.1. The van der Waals surface area contributed by atoms with E-state index in [1.807, 2.05) is 26.0 Å². The van der Waals surface area contributed by atoms with Crippen molar-refractivity contribution in [1.29, 1.82) is 0 Å². The number of hydrogen-bond acceptors (Lipinski definition) is 3. The van der Waals surface area contributed by atoms with Gasteiger partial charge >= 0.3 is 0 Å². The molecule has 2 N–H and O–H groups in total. The molecule has 1 aromatic rings. The van der Waals surface area contributed by atoms with Gasteiger partial charge in [-0.05, 0) is 56.7 Å². The van der Waals surface area contributed by atoms with Crippen LogP contribution in [0.25, 0.3) is 0 Å². The van der Waals surface area contributed by atoms with Crippen LogP contribution in [-0.2, 0) is 0 Å². The topological polar surface area (TPSA) is 41.5 Å². The molecule has 0 bridgehead atoms. The van der Waals surface area contributed by atoms with Gasteiger partial charge < -0.3 is 15.2 Å². The number of nitrogens with one attached hydrogen (secondary N) is 1. The van der Waals surface area contributed by atoms with Gasteiger partial charge in [0.1, 0.15) is 18.5 Å². The van der Waals surface area contributed by atoms with Gasteiger partial charge in [0.15, 0.2) is 0 Å². The molecule has 0 heterocycles. The van der Waals surface area contributed by atoms with Crippen LogP contribution in [0.15, 0.2) is 18.2 Å². The molecule has 1 fully saturated rings. The third-order valence-corrected chi connectivity index (χ3v) is 3.78.